The van der Waals surface area contributed by atoms with E-state index in [0.717, 1.165) is 35.5 Å². The molecule has 0 saturated heterocycles. The average Bonchev–Trinajstić information content (AvgIpc) is 3.15. The van der Waals surface area contributed by atoms with Crippen LogP contribution >= 0.6 is 11.3 Å². The van der Waals surface area contributed by atoms with E-state index in [1.165, 1.54) is 4.88 Å². The van der Waals surface area contributed by atoms with Crippen LogP contribution in [-0.2, 0) is 16.0 Å². The molecule has 0 fully saturated rings. The quantitative estimate of drug-likeness (QED) is 0.750. The number of fused-ring (bicyclic) bond motifs is 1. The Labute approximate surface area is 182 Å². The van der Waals surface area contributed by atoms with Gasteiger partial charge in [0.05, 0.1) is 24.0 Å². The van der Waals surface area contributed by atoms with Gasteiger partial charge >= 0.3 is 0 Å². The largest absolute Gasteiger partial charge is 0.357 e. The highest BCUT2D eigenvalue weighted by Gasteiger charge is 2.39. The smallest absolute Gasteiger partial charge is 0.239 e. The standard InChI is InChI=1S/C24H29N3O2S/c1-16-23-19(13-24(2,3)14-21(23)28)26-18-8-4-5-9-20(18)27(16)15-22(29)25-11-10-17-7-6-12-30-17/h4-9,12,16,26H,10-11,13-15H2,1-3H3,(H,25,29). The van der Waals surface area contributed by atoms with Crippen LogP contribution in [0.5, 0.6) is 0 Å². The number of ketones is 1. The predicted molar refractivity (Wildman–Crippen MR) is 123 cm³/mol. The second kappa shape index (κ2) is 8.26. The van der Waals surface area contributed by atoms with E-state index in [2.05, 4.69) is 35.4 Å². The number of nitrogens with one attached hydrogen (secondary N) is 2. The van der Waals surface area contributed by atoms with Gasteiger partial charge in [-0.05, 0) is 48.8 Å². The number of Topliss-reactive ketones (excluding diaryl/α,β-unsaturated/α-hetero) is 1. The molecule has 0 spiro atoms. The number of hydrogen-bond donors (Lipinski definition) is 2. The predicted octanol–water partition coefficient (Wildman–Crippen LogP) is 4.37. The zero-order valence-corrected chi connectivity index (χ0v) is 18.6. The van der Waals surface area contributed by atoms with Crippen LogP contribution in [0.4, 0.5) is 11.4 Å². The molecule has 1 aliphatic carbocycles. The Morgan fingerprint density at radius 1 is 1.23 bits per heavy atom. The lowest BCUT2D eigenvalue weighted by Crippen LogP contribution is -2.45. The number of para-hydroxylation sites is 2. The van der Waals surface area contributed by atoms with Crippen molar-refractivity contribution >= 4 is 34.4 Å². The van der Waals surface area contributed by atoms with Crippen molar-refractivity contribution in [3.05, 3.63) is 57.9 Å². The van der Waals surface area contributed by atoms with Gasteiger partial charge in [0.2, 0.25) is 5.91 Å². The molecule has 30 heavy (non-hydrogen) atoms. The van der Waals surface area contributed by atoms with Crippen molar-refractivity contribution in [1.29, 1.82) is 0 Å². The molecule has 2 aromatic rings. The normalized spacial score (nSPS) is 20.2. The zero-order chi connectivity index (χ0) is 21.3. The summed E-state index contributed by atoms with van der Waals surface area (Å²) in [5, 5.41) is 8.62. The number of hydrogen-bond acceptors (Lipinski definition) is 5. The van der Waals surface area contributed by atoms with E-state index in [9.17, 15) is 9.59 Å². The van der Waals surface area contributed by atoms with E-state index >= 15 is 0 Å². The van der Waals surface area contributed by atoms with E-state index < -0.39 is 0 Å². The molecule has 0 radical (unpaired) electrons. The molecule has 1 atom stereocenters. The lowest BCUT2D eigenvalue weighted by Gasteiger charge is -2.36. The minimum absolute atomic E-state index is 0.0270. The molecule has 1 unspecified atom stereocenters. The van der Waals surface area contributed by atoms with Gasteiger partial charge in [-0.2, -0.15) is 0 Å². The lowest BCUT2D eigenvalue weighted by atomic mass is 9.74. The number of anilines is 2. The van der Waals surface area contributed by atoms with E-state index in [-0.39, 0.29) is 29.7 Å². The third kappa shape index (κ3) is 4.29. The minimum atomic E-state index is -0.164. The van der Waals surface area contributed by atoms with Crippen LogP contribution in [0.15, 0.2) is 53.0 Å². The summed E-state index contributed by atoms with van der Waals surface area (Å²) >= 11 is 1.70. The fourth-order valence-corrected chi connectivity index (χ4v) is 5.21. The Bertz CT molecular complexity index is 978. The van der Waals surface area contributed by atoms with Crippen molar-refractivity contribution < 1.29 is 9.59 Å². The SMILES string of the molecule is CC1C2=C(CC(C)(C)CC2=O)Nc2ccccc2N1CC(=O)NCCc1cccs1. The summed E-state index contributed by atoms with van der Waals surface area (Å²) in [6.07, 6.45) is 2.20. The molecule has 1 amide bonds. The molecule has 2 aliphatic rings. The summed E-state index contributed by atoms with van der Waals surface area (Å²) in [5.41, 5.74) is 3.66. The van der Waals surface area contributed by atoms with Crippen LogP contribution in [0.3, 0.4) is 0 Å². The van der Waals surface area contributed by atoms with Crippen LogP contribution in [0, 0.1) is 5.41 Å². The summed E-state index contributed by atoms with van der Waals surface area (Å²) in [6.45, 7) is 7.14. The van der Waals surface area contributed by atoms with Crippen LogP contribution in [0.25, 0.3) is 0 Å². The third-order valence-corrected chi connectivity index (χ3v) is 6.83. The Morgan fingerprint density at radius 3 is 2.80 bits per heavy atom. The van der Waals surface area contributed by atoms with Crippen LogP contribution in [-0.4, -0.2) is 30.8 Å². The molecule has 1 aromatic carbocycles. The maximum atomic E-state index is 13.1. The van der Waals surface area contributed by atoms with Gasteiger partial charge in [0.25, 0.3) is 0 Å². The third-order valence-electron chi connectivity index (χ3n) is 5.89. The molecular weight excluding hydrogens is 394 g/mol. The van der Waals surface area contributed by atoms with Crippen LogP contribution in [0.2, 0.25) is 0 Å². The number of benzene rings is 1. The molecular formula is C24H29N3O2S. The summed E-state index contributed by atoms with van der Waals surface area (Å²) in [7, 11) is 0. The first-order chi connectivity index (χ1) is 14.3. The lowest BCUT2D eigenvalue weighted by molar-refractivity contribution is -0.120. The molecule has 1 aromatic heterocycles. The molecule has 158 valence electrons. The van der Waals surface area contributed by atoms with Crippen molar-refractivity contribution in [1.82, 2.24) is 5.32 Å². The van der Waals surface area contributed by atoms with E-state index in [4.69, 9.17) is 0 Å². The zero-order valence-electron chi connectivity index (χ0n) is 17.8. The number of allylic oxidation sites excluding steroid dienone is 1. The molecule has 5 nitrogen and oxygen atoms in total. The highest BCUT2D eigenvalue weighted by molar-refractivity contribution is 7.09. The van der Waals surface area contributed by atoms with E-state index in [1.807, 2.05) is 42.6 Å². The molecule has 2 heterocycles. The van der Waals surface area contributed by atoms with Gasteiger partial charge in [0.1, 0.15) is 0 Å². The van der Waals surface area contributed by atoms with Crippen molar-refractivity contribution in [2.24, 2.45) is 5.41 Å². The van der Waals surface area contributed by atoms with E-state index in [0.29, 0.717) is 13.0 Å². The van der Waals surface area contributed by atoms with Crippen molar-refractivity contribution in [3.63, 3.8) is 0 Å². The molecule has 0 bridgehead atoms. The number of rotatable bonds is 5. The van der Waals surface area contributed by atoms with E-state index in [1.54, 1.807) is 11.3 Å². The maximum Gasteiger partial charge on any atom is 0.239 e. The molecule has 2 N–H and O–H groups in total. The second-order valence-electron chi connectivity index (χ2n) is 8.96. The highest BCUT2D eigenvalue weighted by Crippen LogP contribution is 2.43. The fraction of sp³-hybridized carbons (Fsp3) is 0.417. The topological polar surface area (TPSA) is 61.4 Å². The first-order valence-electron chi connectivity index (χ1n) is 10.5. The molecule has 6 heteroatoms. The Hall–Kier alpha value is -2.60. The number of thiophene rings is 1. The average molecular weight is 424 g/mol. The molecule has 1 aliphatic heterocycles. The highest BCUT2D eigenvalue weighted by atomic mass is 32.1. The van der Waals surface area contributed by atoms with Gasteiger partial charge in [-0.25, -0.2) is 0 Å². The van der Waals surface area contributed by atoms with Gasteiger partial charge in [0.15, 0.2) is 5.78 Å². The van der Waals surface area contributed by atoms with Crippen molar-refractivity contribution in [2.45, 2.75) is 46.1 Å². The minimum Gasteiger partial charge on any atom is -0.357 e. The maximum absolute atomic E-state index is 13.1. The molecule has 0 saturated carbocycles. The first-order valence-corrected chi connectivity index (χ1v) is 11.4. The second-order valence-corrected chi connectivity index (χ2v) is 9.99. The van der Waals surface area contributed by atoms with Crippen molar-refractivity contribution in [3.8, 4) is 0 Å². The van der Waals surface area contributed by atoms with Crippen LogP contribution in [0.1, 0.15) is 38.5 Å². The van der Waals surface area contributed by atoms with Gasteiger partial charge in [-0.3, -0.25) is 9.59 Å². The number of nitrogens with zero attached hydrogens (tertiary/aromatic N) is 1. The first kappa shape index (κ1) is 20.7. The summed E-state index contributed by atoms with van der Waals surface area (Å²) < 4.78 is 0. The fourth-order valence-electron chi connectivity index (χ4n) is 4.50. The van der Waals surface area contributed by atoms with Gasteiger partial charge in [-0.1, -0.05) is 32.0 Å². The number of amides is 1. The number of carbonyl (C=O) groups excluding carboxylic acids is 2. The van der Waals surface area contributed by atoms with Gasteiger partial charge in [0, 0.05) is 29.1 Å². The summed E-state index contributed by atoms with van der Waals surface area (Å²) in [4.78, 5) is 29.2. The van der Waals surface area contributed by atoms with Crippen LogP contribution < -0.4 is 15.5 Å². The molecule has 4 rings (SSSR count). The monoisotopic (exact) mass is 423 g/mol. The Morgan fingerprint density at radius 2 is 2.03 bits per heavy atom. The van der Waals surface area contributed by atoms with Gasteiger partial charge < -0.3 is 15.5 Å². The summed E-state index contributed by atoms with van der Waals surface area (Å²) in [5.74, 6) is 0.151. The Kier molecular flexibility index (Phi) is 5.69. The summed E-state index contributed by atoms with van der Waals surface area (Å²) in [6, 6.07) is 11.9. The Balaban J connectivity index is 1.56. The van der Waals surface area contributed by atoms with Gasteiger partial charge in [-0.15, -0.1) is 11.3 Å². The number of carbonyl (C=O) groups is 2. The van der Waals surface area contributed by atoms with Crippen molar-refractivity contribution in [2.75, 3.05) is 23.3 Å².